The van der Waals surface area contributed by atoms with Crippen LogP contribution < -0.4 is 5.32 Å². The van der Waals surface area contributed by atoms with E-state index in [1.165, 1.54) is 0 Å². The zero-order chi connectivity index (χ0) is 13.1. The van der Waals surface area contributed by atoms with Crippen molar-refractivity contribution in [3.8, 4) is 0 Å². The molecule has 5 nitrogen and oxygen atoms in total. The lowest BCUT2D eigenvalue weighted by molar-refractivity contribution is 0.0909. The van der Waals surface area contributed by atoms with Gasteiger partial charge in [-0.25, -0.2) is 0 Å². The minimum absolute atomic E-state index is 0.0277. The van der Waals surface area contributed by atoms with Crippen LogP contribution in [0.5, 0.6) is 0 Å². The van der Waals surface area contributed by atoms with Crippen molar-refractivity contribution in [2.75, 3.05) is 13.2 Å². The van der Waals surface area contributed by atoms with Crippen LogP contribution >= 0.6 is 0 Å². The first-order valence-electron chi connectivity index (χ1n) is 5.56. The predicted molar refractivity (Wildman–Crippen MR) is 64.7 cm³/mol. The van der Waals surface area contributed by atoms with Gasteiger partial charge in [0.2, 0.25) is 0 Å². The second-order valence-electron chi connectivity index (χ2n) is 4.99. The van der Waals surface area contributed by atoms with Crippen molar-refractivity contribution < 1.29 is 9.90 Å². The molecule has 94 valence electrons. The van der Waals surface area contributed by atoms with Crippen molar-refractivity contribution in [3.63, 3.8) is 0 Å². The van der Waals surface area contributed by atoms with Gasteiger partial charge in [0.25, 0.3) is 5.91 Å². The highest BCUT2D eigenvalue weighted by molar-refractivity contribution is 5.95. The Kier molecular flexibility index (Phi) is 4.17. The first-order valence-corrected chi connectivity index (χ1v) is 5.56. The number of aliphatic hydroxyl groups excluding tert-OH is 1. The molecule has 5 heteroatoms. The van der Waals surface area contributed by atoms with Crippen LogP contribution in [0, 0.1) is 19.3 Å². The summed E-state index contributed by atoms with van der Waals surface area (Å²) < 4.78 is 0. The Morgan fingerprint density at radius 3 is 2.65 bits per heavy atom. The minimum atomic E-state index is -0.320. The largest absolute Gasteiger partial charge is 0.396 e. The molecule has 1 aromatic rings. The van der Waals surface area contributed by atoms with Crippen molar-refractivity contribution in [1.82, 2.24) is 15.5 Å². The highest BCUT2D eigenvalue weighted by Gasteiger charge is 2.19. The molecule has 2 N–H and O–H groups in total. The fourth-order valence-electron chi connectivity index (χ4n) is 1.25. The molecule has 1 heterocycles. The minimum Gasteiger partial charge on any atom is -0.396 e. The van der Waals surface area contributed by atoms with Gasteiger partial charge in [0, 0.05) is 18.6 Å². The number of carbonyl (C=O) groups excluding carboxylic acids is 1. The summed E-state index contributed by atoms with van der Waals surface area (Å²) in [6.45, 7) is 7.76. The molecular weight excluding hydrogens is 218 g/mol. The van der Waals surface area contributed by atoms with Gasteiger partial charge in [-0.3, -0.25) is 4.79 Å². The quantitative estimate of drug-likeness (QED) is 0.813. The van der Waals surface area contributed by atoms with Crippen molar-refractivity contribution in [3.05, 3.63) is 23.0 Å². The number of rotatable bonds is 4. The van der Waals surface area contributed by atoms with Crippen LogP contribution in [0.3, 0.4) is 0 Å². The van der Waals surface area contributed by atoms with Crippen molar-refractivity contribution in [2.24, 2.45) is 5.41 Å². The standard InChI is InChI=1S/C12H19N3O2/c1-8-5-10(9(2)15-14-8)11(17)13-6-12(3,4)7-16/h5,16H,6-7H2,1-4H3,(H,13,17). The molecule has 0 aliphatic carbocycles. The molecule has 0 aliphatic rings. The molecule has 0 atom stereocenters. The van der Waals surface area contributed by atoms with Gasteiger partial charge in [0.1, 0.15) is 0 Å². The number of aliphatic hydroxyl groups is 1. The van der Waals surface area contributed by atoms with Crippen molar-refractivity contribution >= 4 is 5.91 Å². The van der Waals surface area contributed by atoms with E-state index in [4.69, 9.17) is 5.11 Å². The maximum atomic E-state index is 11.9. The maximum absolute atomic E-state index is 11.9. The summed E-state index contributed by atoms with van der Waals surface area (Å²) in [4.78, 5) is 11.9. The Labute approximate surface area is 101 Å². The Morgan fingerprint density at radius 2 is 2.06 bits per heavy atom. The summed E-state index contributed by atoms with van der Waals surface area (Å²) in [7, 11) is 0. The van der Waals surface area contributed by atoms with Crippen LogP contribution in [0.25, 0.3) is 0 Å². The average molecular weight is 237 g/mol. The summed E-state index contributed by atoms with van der Waals surface area (Å²) in [5.74, 6) is -0.179. The van der Waals surface area contributed by atoms with E-state index in [-0.39, 0.29) is 17.9 Å². The number of amides is 1. The first-order chi connectivity index (χ1) is 7.85. The van der Waals surface area contributed by atoms with E-state index < -0.39 is 0 Å². The van der Waals surface area contributed by atoms with Crippen molar-refractivity contribution in [1.29, 1.82) is 0 Å². The topological polar surface area (TPSA) is 75.1 Å². The molecule has 0 unspecified atom stereocenters. The molecule has 1 aromatic heterocycles. The lowest BCUT2D eigenvalue weighted by Gasteiger charge is -2.21. The second-order valence-corrected chi connectivity index (χ2v) is 4.99. The van der Waals surface area contributed by atoms with Crippen LogP contribution in [0.1, 0.15) is 35.6 Å². The summed E-state index contributed by atoms with van der Waals surface area (Å²) >= 11 is 0. The normalized spacial score (nSPS) is 11.4. The van der Waals surface area contributed by atoms with E-state index in [1.54, 1.807) is 19.9 Å². The van der Waals surface area contributed by atoms with E-state index >= 15 is 0 Å². The molecule has 1 amide bonds. The smallest absolute Gasteiger partial charge is 0.253 e. The number of nitrogens with zero attached hydrogens (tertiary/aromatic N) is 2. The molecule has 0 bridgehead atoms. The second kappa shape index (κ2) is 5.23. The molecule has 0 saturated carbocycles. The third-order valence-electron chi connectivity index (χ3n) is 2.50. The van der Waals surface area contributed by atoms with Gasteiger partial charge in [-0.2, -0.15) is 10.2 Å². The Hall–Kier alpha value is -1.49. The lowest BCUT2D eigenvalue weighted by Crippen LogP contribution is -2.36. The Bertz CT molecular complexity index is 416. The number of carbonyl (C=O) groups is 1. The molecule has 17 heavy (non-hydrogen) atoms. The van der Waals surface area contributed by atoms with E-state index in [1.807, 2.05) is 13.8 Å². The monoisotopic (exact) mass is 237 g/mol. The number of aromatic nitrogens is 2. The average Bonchev–Trinajstić information content (AvgIpc) is 2.29. The SMILES string of the molecule is Cc1cc(C(=O)NCC(C)(C)CO)c(C)nn1. The summed E-state index contributed by atoms with van der Waals surface area (Å²) in [6, 6.07) is 1.71. The molecule has 1 rings (SSSR count). The Balaban J connectivity index is 2.74. The Morgan fingerprint density at radius 1 is 1.41 bits per heavy atom. The van der Waals surface area contributed by atoms with Crippen LogP contribution in [0.15, 0.2) is 6.07 Å². The van der Waals surface area contributed by atoms with Crippen molar-refractivity contribution in [2.45, 2.75) is 27.7 Å². The highest BCUT2D eigenvalue weighted by atomic mass is 16.3. The number of hydrogen-bond acceptors (Lipinski definition) is 4. The van der Waals surface area contributed by atoms with Crippen LogP contribution in [0.2, 0.25) is 0 Å². The lowest BCUT2D eigenvalue weighted by atomic mass is 9.95. The molecule has 0 spiro atoms. The van der Waals surface area contributed by atoms with Gasteiger partial charge in [-0.05, 0) is 19.9 Å². The number of hydrogen-bond donors (Lipinski definition) is 2. The zero-order valence-electron chi connectivity index (χ0n) is 10.7. The van der Waals surface area contributed by atoms with Crippen LogP contribution in [-0.2, 0) is 0 Å². The number of nitrogens with one attached hydrogen (secondary N) is 1. The predicted octanol–water partition coefficient (Wildman–Crippen LogP) is 0.842. The maximum Gasteiger partial charge on any atom is 0.253 e. The molecule has 0 aliphatic heterocycles. The summed E-state index contributed by atoms with van der Waals surface area (Å²) in [6.07, 6.45) is 0. The molecule has 0 saturated heterocycles. The highest BCUT2D eigenvalue weighted by Crippen LogP contribution is 2.12. The van der Waals surface area contributed by atoms with E-state index in [0.717, 1.165) is 0 Å². The van der Waals surface area contributed by atoms with E-state index in [0.29, 0.717) is 23.5 Å². The van der Waals surface area contributed by atoms with Gasteiger partial charge in [-0.1, -0.05) is 13.8 Å². The molecule has 0 radical (unpaired) electrons. The molecule has 0 aromatic carbocycles. The summed E-state index contributed by atoms with van der Waals surface area (Å²) in [5, 5.41) is 19.7. The van der Waals surface area contributed by atoms with Crippen LogP contribution in [0.4, 0.5) is 0 Å². The third-order valence-corrected chi connectivity index (χ3v) is 2.50. The molecular formula is C12H19N3O2. The van der Waals surface area contributed by atoms with Gasteiger partial charge >= 0.3 is 0 Å². The first kappa shape index (κ1) is 13.6. The summed E-state index contributed by atoms with van der Waals surface area (Å²) in [5.41, 5.74) is 1.53. The van der Waals surface area contributed by atoms with Gasteiger partial charge in [0.05, 0.1) is 17.0 Å². The molecule has 0 fully saturated rings. The third kappa shape index (κ3) is 3.78. The van der Waals surface area contributed by atoms with E-state index in [2.05, 4.69) is 15.5 Å². The van der Waals surface area contributed by atoms with Gasteiger partial charge < -0.3 is 10.4 Å². The van der Waals surface area contributed by atoms with Crippen LogP contribution in [-0.4, -0.2) is 34.4 Å². The number of aryl methyl sites for hydroxylation is 2. The van der Waals surface area contributed by atoms with Gasteiger partial charge in [-0.15, -0.1) is 0 Å². The zero-order valence-corrected chi connectivity index (χ0v) is 10.7. The van der Waals surface area contributed by atoms with Gasteiger partial charge in [0.15, 0.2) is 0 Å². The fraction of sp³-hybridized carbons (Fsp3) is 0.583. The van der Waals surface area contributed by atoms with E-state index in [9.17, 15) is 4.79 Å². The fourth-order valence-corrected chi connectivity index (χ4v) is 1.25.